The lowest BCUT2D eigenvalue weighted by Gasteiger charge is -2.14. The molecule has 1 aromatic heterocycles. The largest absolute Gasteiger partial charge is 0.489 e. The Morgan fingerprint density at radius 1 is 0.789 bits per heavy atom. The minimum absolute atomic E-state index is 0.0565. The van der Waals surface area contributed by atoms with Gasteiger partial charge in [0, 0.05) is 0 Å². The maximum Gasteiger partial charge on any atom is 0.383 e. The van der Waals surface area contributed by atoms with E-state index in [1.54, 1.807) is 42.5 Å². The van der Waals surface area contributed by atoms with Crippen LogP contribution in [0.5, 0.6) is 17.2 Å². The topological polar surface area (TPSA) is 75.0 Å². The second kappa shape index (κ2) is 16.3. The lowest BCUT2D eigenvalue weighted by Crippen LogP contribution is -2.15. The molecule has 0 aliphatic heterocycles. The van der Waals surface area contributed by atoms with Crippen molar-refractivity contribution in [2.24, 2.45) is 0 Å². The SMILES string of the molecule is CCC=CCCOc1cccc2c(OC(=O)c3ccccc3)c(OCCCCCCCCCC)c(=O)oc12. The zero-order valence-electron chi connectivity index (χ0n) is 22.7. The number of unbranched alkanes of at least 4 members (excludes halogenated alkanes) is 7. The van der Waals surface area contributed by atoms with Gasteiger partial charge >= 0.3 is 11.6 Å². The van der Waals surface area contributed by atoms with Crippen LogP contribution in [0.2, 0.25) is 0 Å². The average Bonchev–Trinajstić information content (AvgIpc) is 2.94. The molecule has 2 aromatic carbocycles. The number of allylic oxidation sites excluding steroid dienone is 1. The Hall–Kier alpha value is -3.54. The van der Waals surface area contributed by atoms with Crippen molar-refractivity contribution < 1.29 is 23.4 Å². The zero-order valence-corrected chi connectivity index (χ0v) is 22.7. The highest BCUT2D eigenvalue weighted by Crippen LogP contribution is 2.37. The van der Waals surface area contributed by atoms with Crippen molar-refractivity contribution in [2.75, 3.05) is 13.2 Å². The first-order chi connectivity index (χ1) is 18.7. The predicted octanol–water partition coefficient (Wildman–Crippen LogP) is 8.27. The lowest BCUT2D eigenvalue weighted by atomic mass is 10.1. The molecule has 0 fully saturated rings. The fourth-order valence-corrected chi connectivity index (χ4v) is 4.15. The van der Waals surface area contributed by atoms with Gasteiger partial charge in [0.05, 0.1) is 24.2 Å². The Morgan fingerprint density at radius 2 is 1.53 bits per heavy atom. The minimum Gasteiger partial charge on any atom is -0.489 e. The van der Waals surface area contributed by atoms with E-state index in [9.17, 15) is 9.59 Å². The van der Waals surface area contributed by atoms with Crippen molar-refractivity contribution >= 4 is 16.9 Å². The third-order valence-electron chi connectivity index (χ3n) is 6.20. The van der Waals surface area contributed by atoms with Crippen LogP contribution in [0.1, 0.15) is 88.4 Å². The van der Waals surface area contributed by atoms with E-state index in [-0.39, 0.29) is 17.1 Å². The molecule has 6 nitrogen and oxygen atoms in total. The van der Waals surface area contributed by atoms with E-state index in [4.69, 9.17) is 18.6 Å². The van der Waals surface area contributed by atoms with E-state index < -0.39 is 11.6 Å². The van der Waals surface area contributed by atoms with Crippen LogP contribution in [0.3, 0.4) is 0 Å². The molecule has 0 unspecified atom stereocenters. The number of para-hydroxylation sites is 1. The number of carbonyl (C=O) groups excluding carboxylic acids is 1. The van der Waals surface area contributed by atoms with Crippen molar-refractivity contribution in [1.82, 2.24) is 0 Å². The number of rotatable bonds is 17. The van der Waals surface area contributed by atoms with Crippen molar-refractivity contribution in [3.05, 3.63) is 76.7 Å². The highest BCUT2D eigenvalue weighted by atomic mass is 16.6. The van der Waals surface area contributed by atoms with Gasteiger partial charge in [0.1, 0.15) is 0 Å². The predicted molar refractivity (Wildman–Crippen MR) is 152 cm³/mol. The molecule has 0 N–H and O–H groups in total. The molecule has 0 aliphatic rings. The molecular formula is C32H40O6. The van der Waals surface area contributed by atoms with Gasteiger partial charge in [-0.25, -0.2) is 9.59 Å². The third-order valence-corrected chi connectivity index (χ3v) is 6.20. The molecule has 0 amide bonds. The number of esters is 1. The lowest BCUT2D eigenvalue weighted by molar-refractivity contribution is 0.0729. The van der Waals surface area contributed by atoms with Gasteiger partial charge in [-0.1, -0.05) is 95.2 Å². The van der Waals surface area contributed by atoms with Gasteiger partial charge < -0.3 is 18.6 Å². The van der Waals surface area contributed by atoms with Crippen molar-refractivity contribution in [3.8, 4) is 17.2 Å². The Morgan fingerprint density at radius 3 is 2.26 bits per heavy atom. The molecule has 0 aliphatic carbocycles. The van der Waals surface area contributed by atoms with Gasteiger partial charge in [-0.05, 0) is 43.5 Å². The summed E-state index contributed by atoms with van der Waals surface area (Å²) in [6.07, 6.45) is 15.0. The van der Waals surface area contributed by atoms with Crippen LogP contribution in [0.15, 0.2) is 69.9 Å². The molecule has 0 radical (unpaired) electrons. The first-order valence-electron chi connectivity index (χ1n) is 13.9. The highest BCUT2D eigenvalue weighted by Gasteiger charge is 2.23. The summed E-state index contributed by atoms with van der Waals surface area (Å²) in [4.78, 5) is 26.0. The number of carbonyl (C=O) groups is 1. The average molecular weight is 521 g/mol. The summed E-state index contributed by atoms with van der Waals surface area (Å²) in [5.41, 5.74) is -0.0971. The fraction of sp³-hybridized carbons (Fsp3) is 0.438. The summed E-state index contributed by atoms with van der Waals surface area (Å²) in [7, 11) is 0. The second-order valence-electron chi connectivity index (χ2n) is 9.28. The number of hydrogen-bond acceptors (Lipinski definition) is 6. The summed E-state index contributed by atoms with van der Waals surface area (Å²) in [5, 5.41) is 0.446. The second-order valence-corrected chi connectivity index (χ2v) is 9.28. The van der Waals surface area contributed by atoms with E-state index in [2.05, 4.69) is 19.9 Å². The fourth-order valence-electron chi connectivity index (χ4n) is 4.15. The van der Waals surface area contributed by atoms with Crippen molar-refractivity contribution in [2.45, 2.75) is 78.1 Å². The molecule has 1 heterocycles. The first-order valence-corrected chi connectivity index (χ1v) is 13.9. The number of hydrogen-bond donors (Lipinski definition) is 0. The monoisotopic (exact) mass is 520 g/mol. The van der Waals surface area contributed by atoms with E-state index in [0.717, 1.165) is 32.1 Å². The molecular weight excluding hydrogens is 480 g/mol. The van der Waals surface area contributed by atoms with Crippen LogP contribution in [0.4, 0.5) is 0 Å². The van der Waals surface area contributed by atoms with Crippen LogP contribution in [0, 0.1) is 0 Å². The van der Waals surface area contributed by atoms with Crippen LogP contribution in [-0.4, -0.2) is 19.2 Å². The summed E-state index contributed by atoms with van der Waals surface area (Å²) >= 11 is 0. The summed E-state index contributed by atoms with van der Waals surface area (Å²) < 4.78 is 23.2. The molecule has 0 saturated carbocycles. The van der Waals surface area contributed by atoms with E-state index in [0.29, 0.717) is 29.9 Å². The van der Waals surface area contributed by atoms with Gasteiger partial charge in [0.2, 0.25) is 5.75 Å². The zero-order chi connectivity index (χ0) is 27.0. The number of ether oxygens (including phenoxy) is 3. The van der Waals surface area contributed by atoms with Crippen LogP contribution in [0.25, 0.3) is 11.0 Å². The minimum atomic E-state index is -0.699. The molecule has 0 spiro atoms. The van der Waals surface area contributed by atoms with E-state index in [1.807, 2.05) is 12.1 Å². The maximum atomic E-state index is 13.1. The van der Waals surface area contributed by atoms with Gasteiger partial charge in [-0.3, -0.25) is 0 Å². The van der Waals surface area contributed by atoms with Crippen LogP contribution in [-0.2, 0) is 0 Å². The highest BCUT2D eigenvalue weighted by molar-refractivity contribution is 5.96. The summed E-state index contributed by atoms with van der Waals surface area (Å²) in [5.74, 6) is -0.199. The quantitative estimate of drug-likeness (QED) is 0.0772. The standard InChI is InChI=1S/C32H40O6/c1-3-5-7-9-10-11-12-17-24-36-30-29(38-31(33)25-19-14-13-15-20-25)26-21-18-22-27(28(26)37-32(30)34)35-23-16-8-6-4-2/h6,8,13-15,18-22H,3-5,7,9-12,16-17,23-24H2,1-2H3. The molecule has 6 heteroatoms. The molecule has 3 aromatic rings. The molecule has 0 atom stereocenters. The normalized spacial score (nSPS) is 11.2. The number of benzene rings is 2. The van der Waals surface area contributed by atoms with Gasteiger partial charge in [-0.2, -0.15) is 0 Å². The molecule has 38 heavy (non-hydrogen) atoms. The first kappa shape index (κ1) is 29.0. The Balaban J connectivity index is 1.79. The van der Waals surface area contributed by atoms with Gasteiger partial charge in [0.15, 0.2) is 17.1 Å². The maximum absolute atomic E-state index is 13.1. The molecule has 204 valence electrons. The third kappa shape index (κ3) is 8.79. The van der Waals surface area contributed by atoms with E-state index in [1.165, 1.54) is 32.1 Å². The van der Waals surface area contributed by atoms with Gasteiger partial charge in [0.25, 0.3) is 0 Å². The molecule has 3 rings (SSSR count). The Bertz CT molecular complexity index is 1210. The Labute approximate surface area is 225 Å². The van der Waals surface area contributed by atoms with Crippen LogP contribution >= 0.6 is 0 Å². The Kier molecular flexibility index (Phi) is 12.5. The smallest absolute Gasteiger partial charge is 0.383 e. The summed E-state index contributed by atoms with van der Waals surface area (Å²) in [6.45, 7) is 5.05. The van der Waals surface area contributed by atoms with Crippen LogP contribution < -0.4 is 19.8 Å². The molecule has 0 bridgehead atoms. The number of fused-ring (bicyclic) bond motifs is 1. The van der Waals surface area contributed by atoms with E-state index >= 15 is 0 Å². The summed E-state index contributed by atoms with van der Waals surface area (Å²) in [6, 6.07) is 13.9. The van der Waals surface area contributed by atoms with Crippen molar-refractivity contribution in [1.29, 1.82) is 0 Å². The molecule has 0 saturated heterocycles. The van der Waals surface area contributed by atoms with Gasteiger partial charge in [-0.15, -0.1) is 0 Å². The van der Waals surface area contributed by atoms with Crippen molar-refractivity contribution in [3.63, 3.8) is 0 Å².